The molecule has 0 fully saturated rings. The van der Waals surface area contributed by atoms with Gasteiger partial charge < -0.3 is 10.5 Å². The molecule has 1 aromatic heterocycles. The van der Waals surface area contributed by atoms with Gasteiger partial charge in [-0.2, -0.15) is 0 Å². The van der Waals surface area contributed by atoms with Crippen molar-refractivity contribution in [1.82, 2.24) is 4.98 Å². The monoisotopic (exact) mass is 276 g/mol. The van der Waals surface area contributed by atoms with E-state index < -0.39 is 0 Å². The van der Waals surface area contributed by atoms with E-state index in [2.05, 4.69) is 11.1 Å². The fourth-order valence-corrected chi connectivity index (χ4v) is 2.04. The van der Waals surface area contributed by atoms with Crippen LogP contribution in [-0.2, 0) is 6.61 Å². The Bertz CT molecular complexity index is 570. The molecule has 0 bridgehead atoms. The lowest BCUT2D eigenvalue weighted by Gasteiger charge is -2.14. The maximum absolute atomic E-state index is 5.98. The minimum Gasteiger partial charge on any atom is -0.489 e. The van der Waals surface area contributed by atoms with Crippen LogP contribution in [0.2, 0.25) is 5.02 Å². The van der Waals surface area contributed by atoms with E-state index in [1.54, 1.807) is 12.3 Å². The molecule has 4 heteroatoms. The molecule has 2 aromatic rings. The maximum Gasteiger partial charge on any atom is 0.124 e. The van der Waals surface area contributed by atoms with Gasteiger partial charge in [0, 0.05) is 34.6 Å². The van der Waals surface area contributed by atoms with Gasteiger partial charge in [-0.1, -0.05) is 11.6 Å². The molecule has 0 saturated carbocycles. The zero-order valence-corrected chi connectivity index (χ0v) is 11.8. The second-order valence-corrected chi connectivity index (χ2v) is 5.07. The molecule has 2 rings (SSSR count). The molecule has 0 aliphatic heterocycles. The Balaban J connectivity index is 2.15. The minimum atomic E-state index is -0.121. The van der Waals surface area contributed by atoms with Gasteiger partial charge in [0.15, 0.2) is 0 Å². The predicted molar refractivity (Wildman–Crippen MR) is 77.4 cm³/mol. The number of nitrogens with two attached hydrogens (primary N) is 1. The molecule has 1 aromatic carbocycles. The number of ether oxygens (including phenoxy) is 1. The summed E-state index contributed by atoms with van der Waals surface area (Å²) in [6.45, 7) is 4.38. The number of pyridine rings is 1. The third kappa shape index (κ3) is 3.69. The summed E-state index contributed by atoms with van der Waals surface area (Å²) in [6.07, 6.45) is 3.62. The van der Waals surface area contributed by atoms with Gasteiger partial charge in [0.1, 0.15) is 12.4 Å². The van der Waals surface area contributed by atoms with Crippen molar-refractivity contribution in [2.45, 2.75) is 26.5 Å². The average molecular weight is 277 g/mol. The molecule has 100 valence electrons. The van der Waals surface area contributed by atoms with Crippen molar-refractivity contribution in [2.75, 3.05) is 0 Å². The summed E-state index contributed by atoms with van der Waals surface area (Å²) in [7, 11) is 0. The number of nitrogens with zero attached hydrogens (tertiary/aromatic N) is 1. The molecular formula is C15H17ClN2O. The molecule has 2 N–H and O–H groups in total. The zero-order chi connectivity index (χ0) is 13.8. The van der Waals surface area contributed by atoms with Crippen molar-refractivity contribution < 1.29 is 4.74 Å². The largest absolute Gasteiger partial charge is 0.489 e. The highest BCUT2D eigenvalue weighted by Gasteiger charge is 2.09. The molecule has 0 spiro atoms. The van der Waals surface area contributed by atoms with Gasteiger partial charge in [-0.25, -0.2) is 0 Å². The molecule has 19 heavy (non-hydrogen) atoms. The number of rotatable bonds is 4. The van der Waals surface area contributed by atoms with E-state index in [1.165, 1.54) is 0 Å². The van der Waals surface area contributed by atoms with Crippen molar-refractivity contribution in [3.63, 3.8) is 0 Å². The average Bonchev–Trinajstić information content (AvgIpc) is 2.37. The number of halogens is 1. The van der Waals surface area contributed by atoms with Crippen LogP contribution in [0.15, 0.2) is 36.7 Å². The third-order valence-electron chi connectivity index (χ3n) is 2.79. The predicted octanol–water partition coefficient (Wildman–Crippen LogP) is 3.64. The van der Waals surface area contributed by atoms with Gasteiger partial charge in [0.25, 0.3) is 0 Å². The van der Waals surface area contributed by atoms with Crippen LogP contribution in [0, 0.1) is 6.92 Å². The summed E-state index contributed by atoms with van der Waals surface area (Å²) in [4.78, 5) is 4.14. The standard InChI is InChI=1S/C15H17ClN2O/c1-10-5-12(8-18-7-10)9-19-15-4-3-13(16)6-14(15)11(2)17/h3-8,11H,9,17H2,1-2H3. The van der Waals surface area contributed by atoms with Gasteiger partial charge in [0.05, 0.1) is 0 Å². The number of benzene rings is 1. The summed E-state index contributed by atoms with van der Waals surface area (Å²) in [5.74, 6) is 0.765. The Morgan fingerprint density at radius 2 is 2.11 bits per heavy atom. The lowest BCUT2D eigenvalue weighted by molar-refractivity contribution is 0.301. The highest BCUT2D eigenvalue weighted by atomic mass is 35.5. The van der Waals surface area contributed by atoms with E-state index in [0.717, 1.165) is 22.4 Å². The molecule has 0 radical (unpaired) electrons. The highest BCUT2D eigenvalue weighted by Crippen LogP contribution is 2.27. The van der Waals surface area contributed by atoms with E-state index >= 15 is 0 Å². The molecule has 1 heterocycles. The van der Waals surface area contributed by atoms with E-state index in [9.17, 15) is 0 Å². The first kappa shape index (κ1) is 13.8. The SMILES string of the molecule is Cc1cncc(COc2ccc(Cl)cc2C(C)N)c1. The lowest BCUT2D eigenvalue weighted by Crippen LogP contribution is -2.08. The molecule has 0 amide bonds. The Morgan fingerprint density at radius 3 is 2.79 bits per heavy atom. The van der Waals surface area contributed by atoms with E-state index in [0.29, 0.717) is 11.6 Å². The molecule has 1 atom stereocenters. The number of aromatic nitrogens is 1. The first-order valence-electron chi connectivity index (χ1n) is 6.14. The first-order valence-corrected chi connectivity index (χ1v) is 6.52. The van der Waals surface area contributed by atoms with E-state index in [4.69, 9.17) is 22.1 Å². The van der Waals surface area contributed by atoms with Crippen LogP contribution in [0.3, 0.4) is 0 Å². The van der Waals surface area contributed by atoms with Gasteiger partial charge in [-0.05, 0) is 43.7 Å². The Labute approximate surface area is 118 Å². The Morgan fingerprint density at radius 1 is 1.32 bits per heavy atom. The summed E-state index contributed by atoms with van der Waals surface area (Å²) in [6, 6.07) is 7.43. The topological polar surface area (TPSA) is 48.1 Å². The highest BCUT2D eigenvalue weighted by molar-refractivity contribution is 6.30. The number of aryl methyl sites for hydroxylation is 1. The van der Waals surface area contributed by atoms with Gasteiger partial charge in [-0.15, -0.1) is 0 Å². The first-order chi connectivity index (χ1) is 9.06. The quantitative estimate of drug-likeness (QED) is 0.927. The van der Waals surface area contributed by atoms with Gasteiger partial charge in [0.2, 0.25) is 0 Å². The molecule has 0 aliphatic carbocycles. The van der Waals surface area contributed by atoms with Crippen molar-refractivity contribution in [3.8, 4) is 5.75 Å². The molecule has 0 aliphatic rings. The molecule has 1 unspecified atom stereocenters. The van der Waals surface area contributed by atoms with Crippen molar-refractivity contribution >= 4 is 11.6 Å². The summed E-state index contributed by atoms with van der Waals surface area (Å²) >= 11 is 5.98. The Hall–Kier alpha value is -1.58. The zero-order valence-electron chi connectivity index (χ0n) is 11.1. The molecular weight excluding hydrogens is 260 g/mol. The van der Waals surface area contributed by atoms with E-state index in [1.807, 2.05) is 32.2 Å². The summed E-state index contributed by atoms with van der Waals surface area (Å²) < 4.78 is 5.82. The van der Waals surface area contributed by atoms with Crippen LogP contribution >= 0.6 is 11.6 Å². The van der Waals surface area contributed by atoms with Crippen molar-refractivity contribution in [1.29, 1.82) is 0 Å². The van der Waals surface area contributed by atoms with Crippen LogP contribution in [-0.4, -0.2) is 4.98 Å². The van der Waals surface area contributed by atoms with Gasteiger partial charge >= 0.3 is 0 Å². The van der Waals surface area contributed by atoms with Crippen LogP contribution in [0.5, 0.6) is 5.75 Å². The number of hydrogen-bond donors (Lipinski definition) is 1. The fraction of sp³-hybridized carbons (Fsp3) is 0.267. The molecule has 0 saturated heterocycles. The van der Waals surface area contributed by atoms with E-state index in [-0.39, 0.29) is 6.04 Å². The van der Waals surface area contributed by atoms with Crippen molar-refractivity contribution in [3.05, 3.63) is 58.4 Å². The second kappa shape index (κ2) is 6.04. The Kier molecular flexibility index (Phi) is 4.40. The lowest BCUT2D eigenvalue weighted by atomic mass is 10.1. The third-order valence-corrected chi connectivity index (χ3v) is 3.02. The minimum absolute atomic E-state index is 0.121. The van der Waals surface area contributed by atoms with Crippen LogP contribution in [0.4, 0.5) is 0 Å². The van der Waals surface area contributed by atoms with Crippen LogP contribution in [0.25, 0.3) is 0 Å². The normalized spacial score (nSPS) is 12.2. The van der Waals surface area contributed by atoms with Crippen molar-refractivity contribution in [2.24, 2.45) is 5.73 Å². The van der Waals surface area contributed by atoms with Gasteiger partial charge in [-0.3, -0.25) is 4.98 Å². The summed E-state index contributed by atoms with van der Waals surface area (Å²) in [5, 5.41) is 0.664. The maximum atomic E-state index is 5.98. The second-order valence-electron chi connectivity index (χ2n) is 4.63. The molecule has 3 nitrogen and oxygen atoms in total. The smallest absolute Gasteiger partial charge is 0.124 e. The fourth-order valence-electron chi connectivity index (χ4n) is 1.86. The summed E-state index contributed by atoms with van der Waals surface area (Å²) in [5.41, 5.74) is 8.98. The number of hydrogen-bond acceptors (Lipinski definition) is 3. The van der Waals surface area contributed by atoms with Crippen LogP contribution in [0.1, 0.15) is 29.7 Å². The van der Waals surface area contributed by atoms with Crippen LogP contribution < -0.4 is 10.5 Å².